The van der Waals surface area contributed by atoms with Crippen molar-refractivity contribution in [3.8, 4) is 0 Å². The van der Waals surface area contributed by atoms with Crippen molar-refractivity contribution in [2.45, 2.75) is 71.3 Å². The number of Topliss-reactive ketones (excluding diaryl/α,β-unsaturated/α-hetero) is 1. The Morgan fingerprint density at radius 3 is 2.66 bits per heavy atom. The highest BCUT2D eigenvalue weighted by Gasteiger charge is 2.48. The number of nitrogens with zero attached hydrogens (tertiary/aromatic N) is 1. The van der Waals surface area contributed by atoms with Crippen LogP contribution in [0.4, 0.5) is 0 Å². The van der Waals surface area contributed by atoms with E-state index in [1.807, 2.05) is 19.1 Å². The van der Waals surface area contributed by atoms with Gasteiger partial charge in [0.15, 0.2) is 0 Å². The van der Waals surface area contributed by atoms with Crippen molar-refractivity contribution in [3.63, 3.8) is 0 Å². The van der Waals surface area contributed by atoms with E-state index in [9.17, 15) is 29.9 Å². The van der Waals surface area contributed by atoms with Gasteiger partial charge in [0.1, 0.15) is 5.78 Å². The summed E-state index contributed by atoms with van der Waals surface area (Å²) in [5.41, 5.74) is -1.09. The van der Waals surface area contributed by atoms with E-state index in [-0.39, 0.29) is 18.7 Å². The highest BCUT2D eigenvalue weighted by atomic mass is 16.6. The molecule has 0 radical (unpaired) electrons. The molecule has 164 valence electrons. The van der Waals surface area contributed by atoms with Crippen LogP contribution in [0.15, 0.2) is 24.3 Å². The van der Waals surface area contributed by atoms with E-state index in [1.54, 1.807) is 19.1 Å². The standard InChI is InChI=1S/C22H35NO6/c1-4-6-8-10-18(21(25)26)20-17(16(14-19(20)24)15-23(28)29)11-13-22(3,27)12-9-7-5-2/h4,6,11,13,16-18,20,27H,5,7-10,12,14-15H2,1-3H3,(H,25,26)/b6-4+,13-11+. The van der Waals surface area contributed by atoms with Gasteiger partial charge in [-0.25, -0.2) is 0 Å². The Kier molecular flexibility index (Phi) is 10.2. The van der Waals surface area contributed by atoms with E-state index < -0.39 is 40.2 Å². The van der Waals surface area contributed by atoms with Crippen LogP contribution in [-0.2, 0) is 9.59 Å². The summed E-state index contributed by atoms with van der Waals surface area (Å²) in [6.07, 6.45) is 11.2. The lowest BCUT2D eigenvalue weighted by molar-refractivity contribution is -0.489. The zero-order chi connectivity index (χ0) is 22.0. The summed E-state index contributed by atoms with van der Waals surface area (Å²) >= 11 is 0. The molecule has 0 amide bonds. The van der Waals surface area contributed by atoms with Crippen LogP contribution < -0.4 is 0 Å². The third-order valence-corrected chi connectivity index (χ3v) is 5.77. The quantitative estimate of drug-likeness (QED) is 0.205. The number of hydrogen-bond donors (Lipinski definition) is 2. The molecule has 0 aromatic heterocycles. The summed E-state index contributed by atoms with van der Waals surface area (Å²) in [7, 11) is 0. The highest BCUT2D eigenvalue weighted by Crippen LogP contribution is 2.42. The second-order valence-electron chi connectivity index (χ2n) is 8.31. The molecule has 0 saturated heterocycles. The fourth-order valence-corrected chi connectivity index (χ4v) is 4.22. The number of rotatable bonds is 13. The van der Waals surface area contributed by atoms with Gasteiger partial charge in [-0.3, -0.25) is 19.7 Å². The van der Waals surface area contributed by atoms with Gasteiger partial charge in [-0.15, -0.1) is 0 Å². The number of carboxylic acid groups (broad SMARTS) is 1. The van der Waals surface area contributed by atoms with Gasteiger partial charge in [-0.1, -0.05) is 50.5 Å². The number of allylic oxidation sites excluding steroid dienone is 3. The first kappa shape index (κ1) is 25.0. The number of carboxylic acids is 1. The molecule has 1 saturated carbocycles. The lowest BCUT2D eigenvalue weighted by Gasteiger charge is -2.26. The van der Waals surface area contributed by atoms with Crippen LogP contribution in [0.2, 0.25) is 0 Å². The molecule has 1 aliphatic carbocycles. The SMILES string of the molecule is C/C=C/CCC(C(=O)O)C1C(=O)CC(C[N+](=O)[O-])C1/C=C/C(C)(O)CCCCC. The first-order valence-corrected chi connectivity index (χ1v) is 10.5. The minimum atomic E-state index is -1.09. The van der Waals surface area contributed by atoms with Crippen molar-refractivity contribution < 1.29 is 24.7 Å². The molecular weight excluding hydrogens is 374 g/mol. The molecule has 7 heteroatoms. The molecule has 2 N–H and O–H groups in total. The predicted molar refractivity (Wildman–Crippen MR) is 111 cm³/mol. The fraction of sp³-hybridized carbons (Fsp3) is 0.727. The number of ketones is 1. The van der Waals surface area contributed by atoms with Crippen LogP contribution >= 0.6 is 0 Å². The van der Waals surface area contributed by atoms with Gasteiger partial charge >= 0.3 is 5.97 Å². The summed E-state index contributed by atoms with van der Waals surface area (Å²) in [6.45, 7) is 5.21. The average Bonchev–Trinajstić information content (AvgIpc) is 2.91. The van der Waals surface area contributed by atoms with E-state index in [0.29, 0.717) is 19.3 Å². The molecule has 5 atom stereocenters. The Balaban J connectivity index is 3.12. The molecule has 5 unspecified atom stereocenters. The van der Waals surface area contributed by atoms with Gasteiger partial charge in [-0.05, 0) is 39.0 Å². The lowest BCUT2D eigenvalue weighted by Crippen LogP contribution is -2.32. The average molecular weight is 410 g/mol. The maximum absolute atomic E-state index is 12.7. The predicted octanol–water partition coefficient (Wildman–Crippen LogP) is 4.03. The van der Waals surface area contributed by atoms with Crippen LogP contribution in [0.1, 0.15) is 65.7 Å². The van der Waals surface area contributed by atoms with Gasteiger partial charge in [0.2, 0.25) is 6.54 Å². The van der Waals surface area contributed by atoms with Crippen molar-refractivity contribution in [2.75, 3.05) is 6.54 Å². The fourth-order valence-electron chi connectivity index (χ4n) is 4.22. The number of aliphatic hydroxyl groups is 1. The Bertz CT molecular complexity index is 625. The molecule has 1 aliphatic rings. The first-order valence-electron chi connectivity index (χ1n) is 10.5. The van der Waals surface area contributed by atoms with Gasteiger partial charge in [-0.2, -0.15) is 0 Å². The van der Waals surface area contributed by atoms with Crippen molar-refractivity contribution in [2.24, 2.45) is 23.7 Å². The Morgan fingerprint density at radius 1 is 1.41 bits per heavy atom. The van der Waals surface area contributed by atoms with Gasteiger partial charge in [0.05, 0.1) is 11.5 Å². The molecule has 0 aliphatic heterocycles. The van der Waals surface area contributed by atoms with Crippen molar-refractivity contribution in [1.82, 2.24) is 0 Å². The van der Waals surface area contributed by atoms with E-state index in [1.165, 1.54) is 0 Å². The Labute approximate surface area is 173 Å². The minimum Gasteiger partial charge on any atom is -0.481 e. The molecule has 0 heterocycles. The number of carbonyl (C=O) groups excluding carboxylic acids is 1. The summed E-state index contributed by atoms with van der Waals surface area (Å²) in [4.78, 5) is 35.2. The first-order chi connectivity index (χ1) is 13.6. The molecule has 29 heavy (non-hydrogen) atoms. The number of aliphatic carboxylic acids is 1. The number of carbonyl (C=O) groups is 2. The maximum atomic E-state index is 12.7. The molecule has 7 nitrogen and oxygen atoms in total. The van der Waals surface area contributed by atoms with Gasteiger partial charge < -0.3 is 10.2 Å². The van der Waals surface area contributed by atoms with Crippen LogP contribution in [0.3, 0.4) is 0 Å². The Morgan fingerprint density at radius 2 is 2.10 bits per heavy atom. The summed E-state index contributed by atoms with van der Waals surface area (Å²) in [5, 5.41) is 31.4. The molecule has 0 aromatic carbocycles. The number of nitro groups is 1. The molecule has 1 rings (SSSR count). The topological polar surface area (TPSA) is 118 Å². The molecule has 0 aromatic rings. The summed E-state index contributed by atoms with van der Waals surface area (Å²) in [6, 6.07) is 0. The van der Waals surface area contributed by atoms with E-state index in [0.717, 1.165) is 19.3 Å². The third kappa shape index (κ3) is 8.09. The Hall–Kier alpha value is -2.02. The van der Waals surface area contributed by atoms with Gasteiger partial charge in [0.25, 0.3) is 0 Å². The van der Waals surface area contributed by atoms with E-state index in [2.05, 4.69) is 6.92 Å². The van der Waals surface area contributed by atoms with Crippen LogP contribution in [0.25, 0.3) is 0 Å². The number of unbranched alkanes of at least 4 members (excludes halogenated alkanes) is 2. The van der Waals surface area contributed by atoms with Crippen LogP contribution in [0, 0.1) is 33.8 Å². The lowest BCUT2D eigenvalue weighted by atomic mass is 9.77. The summed E-state index contributed by atoms with van der Waals surface area (Å²) < 4.78 is 0. The van der Waals surface area contributed by atoms with Crippen molar-refractivity contribution in [1.29, 1.82) is 0 Å². The van der Waals surface area contributed by atoms with Crippen LogP contribution in [-0.4, -0.2) is 39.0 Å². The molecule has 0 spiro atoms. The summed E-state index contributed by atoms with van der Waals surface area (Å²) in [5.74, 6) is -4.08. The number of hydrogen-bond acceptors (Lipinski definition) is 5. The molecule has 1 fully saturated rings. The molecule has 0 bridgehead atoms. The normalized spacial score (nSPS) is 25.5. The molecular formula is C22H35NO6. The van der Waals surface area contributed by atoms with E-state index in [4.69, 9.17) is 0 Å². The smallest absolute Gasteiger partial charge is 0.307 e. The maximum Gasteiger partial charge on any atom is 0.307 e. The monoisotopic (exact) mass is 409 g/mol. The van der Waals surface area contributed by atoms with E-state index >= 15 is 0 Å². The minimum absolute atomic E-state index is 0.00598. The van der Waals surface area contributed by atoms with Crippen LogP contribution in [0.5, 0.6) is 0 Å². The second-order valence-corrected chi connectivity index (χ2v) is 8.31. The highest BCUT2D eigenvalue weighted by molar-refractivity contribution is 5.89. The van der Waals surface area contributed by atoms with Crippen molar-refractivity contribution >= 4 is 11.8 Å². The largest absolute Gasteiger partial charge is 0.481 e. The van der Waals surface area contributed by atoms with Gasteiger partial charge in [0, 0.05) is 23.2 Å². The zero-order valence-corrected chi connectivity index (χ0v) is 17.8. The van der Waals surface area contributed by atoms with Crippen molar-refractivity contribution in [3.05, 3.63) is 34.4 Å². The zero-order valence-electron chi connectivity index (χ0n) is 17.8. The third-order valence-electron chi connectivity index (χ3n) is 5.77. The second kappa shape index (κ2) is 11.9.